The molecule has 3 heterocycles. The molecule has 10 nitrogen and oxygen atoms in total. The highest BCUT2D eigenvalue weighted by Crippen LogP contribution is 2.38. The van der Waals surface area contributed by atoms with Crippen LogP contribution in [0.3, 0.4) is 0 Å². The van der Waals surface area contributed by atoms with Gasteiger partial charge in [0.2, 0.25) is 5.91 Å². The average molecular weight is 553 g/mol. The molecule has 0 saturated carbocycles. The molecule has 1 N–H and O–H groups in total. The van der Waals surface area contributed by atoms with E-state index in [1.54, 1.807) is 45.4 Å². The first-order chi connectivity index (χ1) is 18.9. The first-order valence-electron chi connectivity index (χ1n) is 13.7. The second-order valence-electron chi connectivity index (χ2n) is 11.6. The summed E-state index contributed by atoms with van der Waals surface area (Å²) in [6, 6.07) is 5.30. The van der Waals surface area contributed by atoms with Gasteiger partial charge in [-0.2, -0.15) is 0 Å². The highest BCUT2D eigenvalue weighted by molar-refractivity contribution is 6.03. The molecular weight excluding hydrogens is 512 g/mol. The average Bonchev–Trinajstić information content (AvgIpc) is 3.52. The number of rotatable bonds is 10. The summed E-state index contributed by atoms with van der Waals surface area (Å²) < 4.78 is 18.3. The van der Waals surface area contributed by atoms with Gasteiger partial charge in [0, 0.05) is 43.2 Å². The van der Waals surface area contributed by atoms with E-state index < -0.39 is 10.8 Å². The van der Waals surface area contributed by atoms with Gasteiger partial charge in [-0.15, -0.1) is 0 Å². The summed E-state index contributed by atoms with van der Waals surface area (Å²) in [4.78, 5) is 44.9. The van der Waals surface area contributed by atoms with Crippen molar-refractivity contribution in [2.75, 3.05) is 32.7 Å². The first-order valence-corrected chi connectivity index (χ1v) is 13.7. The number of nitrogens with one attached hydrogen (secondary N) is 1. The maximum atomic E-state index is 13.1. The topological polar surface area (TPSA) is 111 Å². The SMILES string of the molecule is COC(=O)C(C)(C)c1cc(NC(=O)C(C)(C)CCCOc2cc3c(cc2OC)C(=O)N2CCC[C@H]2C=N3)cn1C. The van der Waals surface area contributed by atoms with Crippen LogP contribution in [0.25, 0.3) is 0 Å². The maximum Gasteiger partial charge on any atom is 0.317 e. The van der Waals surface area contributed by atoms with Crippen LogP contribution in [0, 0.1) is 5.41 Å². The second kappa shape index (κ2) is 11.3. The summed E-state index contributed by atoms with van der Waals surface area (Å²) in [6.07, 6.45) is 6.73. The van der Waals surface area contributed by atoms with Crippen molar-refractivity contribution < 1.29 is 28.6 Å². The van der Waals surface area contributed by atoms with Crippen LogP contribution in [-0.2, 0) is 26.8 Å². The smallest absolute Gasteiger partial charge is 0.317 e. The van der Waals surface area contributed by atoms with E-state index in [4.69, 9.17) is 14.2 Å². The third-order valence-electron chi connectivity index (χ3n) is 7.88. The van der Waals surface area contributed by atoms with Crippen LogP contribution < -0.4 is 14.8 Å². The molecule has 0 unspecified atom stereocenters. The molecule has 1 aromatic heterocycles. The fourth-order valence-electron chi connectivity index (χ4n) is 5.34. The molecular formula is C30H40N4O6. The number of amides is 2. The van der Waals surface area contributed by atoms with Gasteiger partial charge >= 0.3 is 5.97 Å². The van der Waals surface area contributed by atoms with E-state index in [1.807, 2.05) is 36.6 Å². The van der Waals surface area contributed by atoms with Crippen molar-refractivity contribution in [2.45, 2.75) is 64.8 Å². The highest BCUT2D eigenvalue weighted by Gasteiger charge is 2.35. The Bertz CT molecular complexity index is 1330. The van der Waals surface area contributed by atoms with E-state index in [-0.39, 0.29) is 23.8 Å². The molecule has 40 heavy (non-hydrogen) atoms. The van der Waals surface area contributed by atoms with Crippen molar-refractivity contribution in [3.8, 4) is 11.5 Å². The number of anilines is 1. The summed E-state index contributed by atoms with van der Waals surface area (Å²) in [6.45, 7) is 8.45. The van der Waals surface area contributed by atoms with Gasteiger partial charge < -0.3 is 29.0 Å². The van der Waals surface area contributed by atoms with Crippen LogP contribution >= 0.6 is 0 Å². The molecule has 10 heteroatoms. The summed E-state index contributed by atoms with van der Waals surface area (Å²) in [5.74, 6) is 0.479. The molecule has 0 radical (unpaired) electrons. The lowest BCUT2D eigenvalue weighted by atomic mass is 9.86. The Labute approximate surface area is 235 Å². The molecule has 216 valence electrons. The van der Waals surface area contributed by atoms with E-state index in [0.717, 1.165) is 25.1 Å². The Kier molecular flexibility index (Phi) is 8.28. The lowest BCUT2D eigenvalue weighted by Crippen LogP contribution is -2.35. The molecule has 2 amide bonds. The third-order valence-corrected chi connectivity index (χ3v) is 7.88. The Hall–Kier alpha value is -3.82. The number of fused-ring (bicyclic) bond motifs is 2. The molecule has 0 aliphatic carbocycles. The van der Waals surface area contributed by atoms with Crippen molar-refractivity contribution in [3.63, 3.8) is 0 Å². The lowest BCUT2D eigenvalue weighted by Gasteiger charge is -2.23. The molecule has 1 aromatic carbocycles. The number of aryl methyl sites for hydroxylation is 1. The van der Waals surface area contributed by atoms with Gasteiger partial charge in [-0.05, 0) is 51.7 Å². The highest BCUT2D eigenvalue weighted by atomic mass is 16.5. The molecule has 0 bridgehead atoms. The molecule has 2 aromatic rings. The van der Waals surface area contributed by atoms with Crippen LogP contribution in [0.1, 0.15) is 69.4 Å². The lowest BCUT2D eigenvalue weighted by molar-refractivity contribution is -0.146. The Balaban J connectivity index is 1.36. The van der Waals surface area contributed by atoms with Crippen LogP contribution in [0.5, 0.6) is 11.5 Å². The van der Waals surface area contributed by atoms with Gasteiger partial charge in [0.15, 0.2) is 11.5 Å². The summed E-state index contributed by atoms with van der Waals surface area (Å²) in [7, 11) is 4.74. The molecule has 0 spiro atoms. The number of aromatic nitrogens is 1. The zero-order valence-electron chi connectivity index (χ0n) is 24.5. The summed E-state index contributed by atoms with van der Waals surface area (Å²) in [5.41, 5.74) is 0.925. The van der Waals surface area contributed by atoms with Crippen molar-refractivity contribution in [1.29, 1.82) is 0 Å². The van der Waals surface area contributed by atoms with Crippen molar-refractivity contribution in [1.82, 2.24) is 9.47 Å². The fraction of sp³-hybridized carbons (Fsp3) is 0.533. The molecule has 1 saturated heterocycles. The number of aliphatic imine (C=N–C) groups is 1. The maximum absolute atomic E-state index is 13.1. The quantitative estimate of drug-likeness (QED) is 0.340. The number of hydrogen-bond acceptors (Lipinski definition) is 7. The van der Waals surface area contributed by atoms with Crippen molar-refractivity contribution >= 4 is 35.4 Å². The van der Waals surface area contributed by atoms with E-state index in [2.05, 4.69) is 10.3 Å². The number of carbonyl (C=O) groups excluding carboxylic acids is 3. The molecule has 2 aliphatic rings. The fourth-order valence-corrected chi connectivity index (χ4v) is 5.34. The Morgan fingerprint density at radius 3 is 2.58 bits per heavy atom. The first kappa shape index (κ1) is 29.2. The van der Waals surface area contributed by atoms with Crippen molar-refractivity contribution in [3.05, 3.63) is 35.7 Å². The van der Waals surface area contributed by atoms with Crippen LogP contribution in [-0.4, -0.2) is 66.9 Å². The van der Waals surface area contributed by atoms with Gasteiger partial charge in [-0.1, -0.05) is 13.8 Å². The van der Waals surface area contributed by atoms with Gasteiger partial charge in [0.05, 0.1) is 43.8 Å². The third kappa shape index (κ3) is 5.71. The van der Waals surface area contributed by atoms with Crippen LogP contribution in [0.4, 0.5) is 11.4 Å². The van der Waals surface area contributed by atoms with Crippen LogP contribution in [0.2, 0.25) is 0 Å². The van der Waals surface area contributed by atoms with E-state index in [0.29, 0.717) is 47.9 Å². The number of esters is 1. The minimum Gasteiger partial charge on any atom is -0.493 e. The molecule has 2 aliphatic heterocycles. The monoisotopic (exact) mass is 552 g/mol. The van der Waals surface area contributed by atoms with Gasteiger partial charge in [-0.3, -0.25) is 19.4 Å². The van der Waals surface area contributed by atoms with E-state index >= 15 is 0 Å². The zero-order valence-corrected chi connectivity index (χ0v) is 24.5. The predicted octanol–water partition coefficient (Wildman–Crippen LogP) is 4.63. The zero-order chi connectivity index (χ0) is 29.2. The van der Waals surface area contributed by atoms with Gasteiger partial charge in [0.25, 0.3) is 5.91 Å². The van der Waals surface area contributed by atoms with Crippen molar-refractivity contribution in [2.24, 2.45) is 17.5 Å². The van der Waals surface area contributed by atoms with E-state index in [1.165, 1.54) is 7.11 Å². The Morgan fingerprint density at radius 2 is 1.88 bits per heavy atom. The molecule has 4 rings (SSSR count). The molecule has 1 fully saturated rings. The number of ether oxygens (including phenoxy) is 3. The number of benzene rings is 1. The number of methoxy groups -OCH3 is 2. The number of hydrogen-bond donors (Lipinski definition) is 1. The summed E-state index contributed by atoms with van der Waals surface area (Å²) >= 11 is 0. The normalized spacial score (nSPS) is 16.7. The van der Waals surface area contributed by atoms with Gasteiger partial charge in [0.1, 0.15) is 5.41 Å². The van der Waals surface area contributed by atoms with Gasteiger partial charge in [-0.25, -0.2) is 0 Å². The number of carbonyl (C=O) groups is 3. The standard InChI is InChI=1S/C30H40N4O6/c1-29(2,27(36)32-19-14-25(33(5)18-19)30(3,4)28(37)39-7)11-9-13-40-24-16-22-21(15-23(24)38-6)26(35)34-12-8-10-20(34)17-31-22/h14-18,20H,8-13H2,1-7H3,(H,32,36)/t20-/m0/s1. The largest absolute Gasteiger partial charge is 0.493 e. The predicted molar refractivity (Wildman–Crippen MR) is 153 cm³/mol. The van der Waals surface area contributed by atoms with E-state index in [9.17, 15) is 14.4 Å². The summed E-state index contributed by atoms with van der Waals surface area (Å²) in [5, 5.41) is 2.99. The minimum atomic E-state index is -0.856. The minimum absolute atomic E-state index is 0.0328. The Morgan fingerprint density at radius 1 is 1.12 bits per heavy atom. The number of nitrogens with zero attached hydrogens (tertiary/aromatic N) is 3. The molecule has 1 atom stereocenters. The van der Waals surface area contributed by atoms with Crippen LogP contribution in [0.15, 0.2) is 29.4 Å². The second-order valence-corrected chi connectivity index (χ2v) is 11.6.